The highest BCUT2D eigenvalue weighted by Crippen LogP contribution is 2.24. The Morgan fingerprint density at radius 2 is 1.95 bits per heavy atom. The molecule has 0 N–H and O–H groups in total. The zero-order valence-corrected chi connectivity index (χ0v) is 11.3. The van der Waals surface area contributed by atoms with Crippen molar-refractivity contribution in [3.05, 3.63) is 64.5 Å². The van der Waals surface area contributed by atoms with E-state index in [9.17, 15) is 4.79 Å². The number of aryl methyl sites for hydroxylation is 1. The summed E-state index contributed by atoms with van der Waals surface area (Å²) < 4.78 is 6.99. The van der Waals surface area contributed by atoms with Gasteiger partial charge in [0, 0.05) is 5.56 Å². The van der Waals surface area contributed by atoms with E-state index in [0.29, 0.717) is 22.3 Å². The molecular formula is C16H11N3O2. The molecule has 4 aromatic rings. The van der Waals surface area contributed by atoms with E-state index >= 15 is 0 Å². The Bertz CT molecular complexity index is 1030. The molecule has 102 valence electrons. The van der Waals surface area contributed by atoms with E-state index in [-0.39, 0.29) is 5.63 Å². The Kier molecular flexibility index (Phi) is 2.41. The van der Waals surface area contributed by atoms with E-state index in [1.54, 1.807) is 16.6 Å². The van der Waals surface area contributed by atoms with E-state index in [1.165, 1.54) is 0 Å². The van der Waals surface area contributed by atoms with Crippen molar-refractivity contribution in [2.24, 2.45) is 0 Å². The lowest BCUT2D eigenvalue weighted by Crippen LogP contribution is -2.04. The normalized spacial score (nSPS) is 11.3. The maximum Gasteiger partial charge on any atom is 0.347 e. The molecule has 0 atom stereocenters. The van der Waals surface area contributed by atoms with Crippen LogP contribution in [0.4, 0.5) is 0 Å². The van der Waals surface area contributed by atoms with Crippen molar-refractivity contribution in [1.29, 1.82) is 0 Å². The van der Waals surface area contributed by atoms with Crippen LogP contribution in [0.3, 0.4) is 0 Å². The first-order valence-electron chi connectivity index (χ1n) is 6.58. The Hall–Kier alpha value is -2.95. The highest BCUT2D eigenvalue weighted by Gasteiger charge is 2.15. The molecule has 0 aliphatic heterocycles. The number of benzene rings is 2. The van der Waals surface area contributed by atoms with E-state index in [4.69, 9.17) is 4.42 Å². The fraction of sp³-hybridized carbons (Fsp3) is 0.0625. The maximum absolute atomic E-state index is 12.1. The molecular weight excluding hydrogens is 266 g/mol. The molecule has 5 nitrogen and oxygen atoms in total. The molecule has 0 unspecified atom stereocenters. The second-order valence-corrected chi connectivity index (χ2v) is 4.93. The fourth-order valence-electron chi connectivity index (χ4n) is 2.47. The van der Waals surface area contributed by atoms with Gasteiger partial charge in [-0.15, -0.1) is 5.10 Å². The molecule has 2 aromatic heterocycles. The minimum absolute atomic E-state index is 0.365. The van der Waals surface area contributed by atoms with Crippen LogP contribution < -0.4 is 5.63 Å². The van der Waals surface area contributed by atoms with E-state index in [0.717, 1.165) is 11.1 Å². The number of fused-ring (bicyclic) bond motifs is 3. The van der Waals surface area contributed by atoms with Crippen LogP contribution >= 0.6 is 0 Å². The first-order valence-corrected chi connectivity index (χ1v) is 6.58. The molecule has 0 spiro atoms. The number of rotatable bonds is 1. The van der Waals surface area contributed by atoms with Crippen molar-refractivity contribution >= 4 is 16.6 Å². The Morgan fingerprint density at radius 1 is 1.10 bits per heavy atom. The highest BCUT2D eigenvalue weighted by molar-refractivity contribution is 5.82. The summed E-state index contributed by atoms with van der Waals surface area (Å²) in [5.41, 5.74) is 3.23. The zero-order valence-electron chi connectivity index (χ0n) is 11.3. The largest absolute Gasteiger partial charge is 0.401 e. The summed E-state index contributed by atoms with van der Waals surface area (Å²) in [7, 11) is 0. The van der Waals surface area contributed by atoms with Gasteiger partial charge in [0.25, 0.3) is 5.71 Å². The summed E-state index contributed by atoms with van der Waals surface area (Å²) in [6.07, 6.45) is 0. The zero-order chi connectivity index (χ0) is 14.4. The Labute approximate surface area is 119 Å². The summed E-state index contributed by atoms with van der Waals surface area (Å²) in [6, 6.07) is 15.0. The summed E-state index contributed by atoms with van der Waals surface area (Å²) in [5.74, 6) is 0. The number of para-hydroxylation sites is 1. The lowest BCUT2D eigenvalue weighted by molar-refractivity contribution is 0.543. The lowest BCUT2D eigenvalue weighted by Gasteiger charge is -2.00. The highest BCUT2D eigenvalue weighted by atomic mass is 16.4. The molecule has 4 rings (SSSR count). The fourth-order valence-corrected chi connectivity index (χ4v) is 2.47. The van der Waals surface area contributed by atoms with Gasteiger partial charge < -0.3 is 4.42 Å². The lowest BCUT2D eigenvalue weighted by atomic mass is 10.1. The molecule has 0 radical (unpaired) electrons. The monoisotopic (exact) mass is 277 g/mol. The van der Waals surface area contributed by atoms with Crippen molar-refractivity contribution in [3.8, 4) is 11.3 Å². The van der Waals surface area contributed by atoms with Crippen LogP contribution in [0.25, 0.3) is 27.9 Å². The first-order chi connectivity index (χ1) is 10.2. The summed E-state index contributed by atoms with van der Waals surface area (Å²) >= 11 is 0. The first kappa shape index (κ1) is 11.8. The van der Waals surface area contributed by atoms with Gasteiger partial charge in [-0.25, -0.2) is 4.79 Å². The van der Waals surface area contributed by atoms with Crippen LogP contribution in [0.2, 0.25) is 0 Å². The van der Waals surface area contributed by atoms with Crippen LogP contribution in [0.15, 0.2) is 57.7 Å². The molecule has 0 bridgehead atoms. The quantitative estimate of drug-likeness (QED) is 0.537. The van der Waals surface area contributed by atoms with Gasteiger partial charge in [-0.3, -0.25) is 0 Å². The van der Waals surface area contributed by atoms with Crippen molar-refractivity contribution in [2.45, 2.75) is 6.92 Å². The number of nitrogens with zero attached hydrogens (tertiary/aromatic N) is 3. The second kappa shape index (κ2) is 4.28. The molecule has 0 aliphatic rings. The van der Waals surface area contributed by atoms with E-state index in [1.807, 2.05) is 43.3 Å². The molecule has 21 heavy (non-hydrogen) atoms. The van der Waals surface area contributed by atoms with Crippen LogP contribution in [-0.2, 0) is 0 Å². The topological polar surface area (TPSA) is 60.4 Å². The van der Waals surface area contributed by atoms with Crippen molar-refractivity contribution < 1.29 is 4.42 Å². The third-order valence-corrected chi connectivity index (χ3v) is 3.46. The van der Waals surface area contributed by atoms with Gasteiger partial charge in [-0.2, -0.15) is 4.52 Å². The van der Waals surface area contributed by atoms with Crippen LogP contribution in [0.5, 0.6) is 0 Å². The minimum atomic E-state index is -0.380. The molecule has 0 aliphatic carbocycles. The second-order valence-electron chi connectivity index (χ2n) is 4.93. The molecule has 0 saturated heterocycles. The van der Waals surface area contributed by atoms with Gasteiger partial charge in [-0.05, 0) is 25.1 Å². The third kappa shape index (κ3) is 1.74. The van der Waals surface area contributed by atoms with Crippen molar-refractivity contribution in [3.63, 3.8) is 0 Å². The standard InChI is InChI=1S/C16H11N3O2/c1-10-5-4-6-11(9-10)14-15-19(18-17-14)13-8-3-2-7-12(13)16(20)21-15/h2-9H,1H3. The predicted octanol–water partition coefficient (Wildman–Crippen LogP) is 2.81. The van der Waals surface area contributed by atoms with Crippen LogP contribution in [0.1, 0.15) is 5.56 Å². The van der Waals surface area contributed by atoms with E-state index < -0.39 is 0 Å². The molecule has 2 heterocycles. The van der Waals surface area contributed by atoms with Gasteiger partial charge in [0.05, 0.1) is 10.9 Å². The summed E-state index contributed by atoms with van der Waals surface area (Å²) in [4.78, 5) is 12.1. The predicted molar refractivity (Wildman–Crippen MR) is 79.2 cm³/mol. The van der Waals surface area contributed by atoms with Gasteiger partial charge in [-0.1, -0.05) is 41.1 Å². The molecule has 5 heteroatoms. The van der Waals surface area contributed by atoms with E-state index in [2.05, 4.69) is 10.3 Å². The van der Waals surface area contributed by atoms with Gasteiger partial charge in [0.1, 0.15) is 0 Å². The van der Waals surface area contributed by atoms with Gasteiger partial charge in [0.15, 0.2) is 5.69 Å². The third-order valence-electron chi connectivity index (χ3n) is 3.46. The molecule has 0 fully saturated rings. The van der Waals surface area contributed by atoms with Crippen molar-refractivity contribution in [2.75, 3.05) is 0 Å². The Morgan fingerprint density at radius 3 is 2.81 bits per heavy atom. The number of hydrogen-bond donors (Lipinski definition) is 0. The number of hydrogen-bond acceptors (Lipinski definition) is 4. The summed E-state index contributed by atoms with van der Waals surface area (Å²) in [5, 5.41) is 8.80. The van der Waals surface area contributed by atoms with Gasteiger partial charge >= 0.3 is 5.63 Å². The van der Waals surface area contributed by atoms with Crippen molar-refractivity contribution in [1.82, 2.24) is 14.8 Å². The Balaban J connectivity index is 2.12. The van der Waals surface area contributed by atoms with Crippen LogP contribution in [-0.4, -0.2) is 14.8 Å². The molecule has 0 saturated carbocycles. The average molecular weight is 277 g/mol. The number of aromatic nitrogens is 3. The molecule has 2 aromatic carbocycles. The maximum atomic E-state index is 12.1. The minimum Gasteiger partial charge on any atom is -0.401 e. The molecule has 0 amide bonds. The van der Waals surface area contributed by atoms with Gasteiger partial charge in [0.2, 0.25) is 0 Å². The van der Waals surface area contributed by atoms with Crippen LogP contribution in [0, 0.1) is 6.92 Å². The SMILES string of the molecule is Cc1cccc(-c2nnn3c2oc(=O)c2ccccc23)c1. The smallest absolute Gasteiger partial charge is 0.347 e. The summed E-state index contributed by atoms with van der Waals surface area (Å²) in [6.45, 7) is 2.00. The average Bonchev–Trinajstić information content (AvgIpc) is 2.91.